The van der Waals surface area contributed by atoms with Crippen LogP contribution in [0.15, 0.2) is 0 Å². The van der Waals surface area contributed by atoms with E-state index in [9.17, 15) is 9.59 Å². The Kier molecular flexibility index (Phi) is 1.82. The van der Waals surface area contributed by atoms with E-state index in [1.807, 2.05) is 0 Å². The molecule has 50 valence electrons. The third-order valence-electron chi connectivity index (χ3n) is 1.45. The summed E-state index contributed by atoms with van der Waals surface area (Å²) in [5.41, 5.74) is 0. The van der Waals surface area contributed by atoms with Crippen LogP contribution >= 0.6 is 0 Å². The molecule has 1 atom stereocenters. The molecule has 0 unspecified atom stereocenters. The molecule has 0 bridgehead atoms. The summed E-state index contributed by atoms with van der Waals surface area (Å²) in [5, 5.41) is 0. The van der Waals surface area contributed by atoms with Crippen molar-refractivity contribution in [3.05, 3.63) is 0 Å². The second kappa shape index (κ2) is 2.62. The van der Waals surface area contributed by atoms with Crippen LogP contribution in [0.5, 0.6) is 0 Å². The third-order valence-corrected chi connectivity index (χ3v) is 1.45. The molecule has 0 heterocycles. The highest BCUT2D eigenvalue weighted by Crippen LogP contribution is 2.16. The summed E-state index contributed by atoms with van der Waals surface area (Å²) in [5.74, 6) is 0.196. The Hall–Kier alpha value is -0.860. The Morgan fingerprint density at radius 2 is 2.44 bits per heavy atom. The summed E-state index contributed by atoms with van der Waals surface area (Å²) in [6.07, 6.45) is 1.56. The molecular formula is C6H8O3. The Morgan fingerprint density at radius 1 is 1.67 bits per heavy atom. The van der Waals surface area contributed by atoms with Gasteiger partial charge < -0.3 is 4.74 Å². The monoisotopic (exact) mass is 128 g/mol. The van der Waals surface area contributed by atoms with Crippen molar-refractivity contribution in [2.24, 2.45) is 0 Å². The number of ketones is 1. The lowest BCUT2D eigenvalue weighted by Crippen LogP contribution is -2.06. The minimum absolute atomic E-state index is 0.130. The van der Waals surface area contributed by atoms with Crippen molar-refractivity contribution < 1.29 is 14.3 Å². The summed E-state index contributed by atoms with van der Waals surface area (Å²) in [7, 11) is 0. The van der Waals surface area contributed by atoms with Gasteiger partial charge in [0, 0.05) is 12.8 Å². The average molecular weight is 128 g/mol. The van der Waals surface area contributed by atoms with E-state index in [0.717, 1.165) is 0 Å². The van der Waals surface area contributed by atoms with Crippen LogP contribution in [0.2, 0.25) is 0 Å². The fourth-order valence-electron chi connectivity index (χ4n) is 0.975. The van der Waals surface area contributed by atoms with Gasteiger partial charge in [-0.15, -0.1) is 0 Å². The molecule has 0 amide bonds. The van der Waals surface area contributed by atoms with E-state index in [1.54, 1.807) is 0 Å². The van der Waals surface area contributed by atoms with Crippen molar-refractivity contribution in [1.82, 2.24) is 0 Å². The van der Waals surface area contributed by atoms with Crippen LogP contribution in [-0.4, -0.2) is 18.4 Å². The minimum Gasteiger partial charge on any atom is -0.464 e. The molecule has 3 nitrogen and oxygen atoms in total. The number of rotatable bonds is 2. The van der Waals surface area contributed by atoms with Crippen molar-refractivity contribution in [3.63, 3.8) is 0 Å². The predicted molar refractivity (Wildman–Crippen MR) is 29.8 cm³/mol. The van der Waals surface area contributed by atoms with E-state index in [-0.39, 0.29) is 11.9 Å². The highest BCUT2D eigenvalue weighted by Gasteiger charge is 2.22. The quantitative estimate of drug-likeness (QED) is 0.502. The summed E-state index contributed by atoms with van der Waals surface area (Å²) < 4.78 is 4.57. The molecule has 1 aliphatic carbocycles. The van der Waals surface area contributed by atoms with Crippen LogP contribution in [0.25, 0.3) is 0 Å². The number of hydrogen-bond donors (Lipinski definition) is 0. The van der Waals surface area contributed by atoms with E-state index in [1.165, 1.54) is 0 Å². The van der Waals surface area contributed by atoms with Crippen LogP contribution in [0.4, 0.5) is 0 Å². The van der Waals surface area contributed by atoms with E-state index in [0.29, 0.717) is 25.7 Å². The number of carbonyl (C=O) groups is 2. The van der Waals surface area contributed by atoms with Crippen LogP contribution in [0.1, 0.15) is 19.3 Å². The van der Waals surface area contributed by atoms with Crippen molar-refractivity contribution >= 4 is 12.3 Å². The summed E-state index contributed by atoms with van der Waals surface area (Å²) in [4.78, 5) is 20.3. The molecule has 9 heavy (non-hydrogen) atoms. The SMILES string of the molecule is O=CO[C@@H]1CCC(=O)C1. The molecule has 0 aromatic carbocycles. The molecule has 1 saturated carbocycles. The largest absolute Gasteiger partial charge is 0.464 e. The fraction of sp³-hybridized carbons (Fsp3) is 0.667. The Bertz CT molecular complexity index is 130. The first-order valence-electron chi connectivity index (χ1n) is 2.93. The van der Waals surface area contributed by atoms with Crippen LogP contribution in [0, 0.1) is 0 Å². The van der Waals surface area contributed by atoms with Crippen LogP contribution in [0.3, 0.4) is 0 Å². The number of ether oxygens (including phenoxy) is 1. The highest BCUT2D eigenvalue weighted by molar-refractivity contribution is 5.81. The first kappa shape index (κ1) is 6.26. The molecule has 1 rings (SSSR count). The second-order valence-corrected chi connectivity index (χ2v) is 2.14. The van der Waals surface area contributed by atoms with Crippen molar-refractivity contribution in [2.75, 3.05) is 0 Å². The average Bonchev–Trinajstić information content (AvgIpc) is 2.17. The van der Waals surface area contributed by atoms with E-state index in [2.05, 4.69) is 4.74 Å². The highest BCUT2D eigenvalue weighted by atomic mass is 16.5. The molecule has 1 aliphatic rings. The molecule has 3 heteroatoms. The van der Waals surface area contributed by atoms with Crippen LogP contribution in [-0.2, 0) is 14.3 Å². The number of carbonyl (C=O) groups excluding carboxylic acids is 2. The van der Waals surface area contributed by atoms with Gasteiger partial charge in [0.1, 0.15) is 11.9 Å². The first-order chi connectivity index (χ1) is 4.33. The lowest BCUT2D eigenvalue weighted by molar-refractivity contribution is -0.133. The van der Waals surface area contributed by atoms with Gasteiger partial charge in [-0.3, -0.25) is 9.59 Å². The Morgan fingerprint density at radius 3 is 2.89 bits per heavy atom. The normalized spacial score (nSPS) is 26.2. The molecule has 0 saturated heterocycles. The molecule has 0 radical (unpaired) electrons. The maximum atomic E-state index is 10.5. The zero-order valence-electron chi connectivity index (χ0n) is 5.00. The Labute approximate surface area is 53.0 Å². The molecule has 1 fully saturated rings. The maximum Gasteiger partial charge on any atom is 0.293 e. The minimum atomic E-state index is -0.130. The zero-order chi connectivity index (χ0) is 6.69. The van der Waals surface area contributed by atoms with Crippen molar-refractivity contribution in [2.45, 2.75) is 25.4 Å². The van der Waals surface area contributed by atoms with Gasteiger partial charge in [0.2, 0.25) is 0 Å². The first-order valence-corrected chi connectivity index (χ1v) is 2.93. The second-order valence-electron chi connectivity index (χ2n) is 2.14. The summed E-state index contributed by atoms with van der Waals surface area (Å²) in [6.45, 7) is 0.406. The summed E-state index contributed by atoms with van der Waals surface area (Å²) in [6, 6.07) is 0. The van der Waals surface area contributed by atoms with Gasteiger partial charge in [0.15, 0.2) is 0 Å². The molecule has 0 spiro atoms. The van der Waals surface area contributed by atoms with Gasteiger partial charge in [-0.2, -0.15) is 0 Å². The summed E-state index contributed by atoms with van der Waals surface area (Å²) >= 11 is 0. The Balaban J connectivity index is 2.29. The van der Waals surface area contributed by atoms with Gasteiger partial charge in [-0.05, 0) is 6.42 Å². The van der Waals surface area contributed by atoms with Gasteiger partial charge in [0.25, 0.3) is 6.47 Å². The predicted octanol–water partition coefficient (Wildman–Crippen LogP) is 0.281. The standard InChI is InChI=1S/C6H8O3/c7-4-9-6-2-1-5(8)3-6/h4,6H,1-3H2/t6-/m1/s1. The molecule has 0 aromatic heterocycles. The maximum absolute atomic E-state index is 10.5. The fourth-order valence-corrected chi connectivity index (χ4v) is 0.975. The van der Waals surface area contributed by atoms with Gasteiger partial charge in [-0.25, -0.2) is 0 Å². The third kappa shape index (κ3) is 1.52. The lowest BCUT2D eigenvalue weighted by atomic mass is 10.3. The topological polar surface area (TPSA) is 43.4 Å². The lowest BCUT2D eigenvalue weighted by Gasteiger charge is -2.02. The molecule has 0 aromatic rings. The molecule has 0 aliphatic heterocycles. The number of hydrogen-bond acceptors (Lipinski definition) is 3. The van der Waals surface area contributed by atoms with Crippen molar-refractivity contribution in [3.8, 4) is 0 Å². The van der Waals surface area contributed by atoms with E-state index < -0.39 is 0 Å². The molecular weight excluding hydrogens is 120 g/mol. The zero-order valence-corrected chi connectivity index (χ0v) is 5.00. The van der Waals surface area contributed by atoms with Crippen molar-refractivity contribution in [1.29, 1.82) is 0 Å². The smallest absolute Gasteiger partial charge is 0.293 e. The van der Waals surface area contributed by atoms with Gasteiger partial charge in [0.05, 0.1) is 0 Å². The van der Waals surface area contributed by atoms with Crippen LogP contribution < -0.4 is 0 Å². The number of Topliss-reactive ketones (excluding diaryl/α,β-unsaturated/α-hetero) is 1. The van der Waals surface area contributed by atoms with E-state index in [4.69, 9.17) is 0 Å². The molecule has 0 N–H and O–H groups in total. The van der Waals surface area contributed by atoms with Gasteiger partial charge >= 0.3 is 0 Å². The van der Waals surface area contributed by atoms with Gasteiger partial charge in [-0.1, -0.05) is 0 Å². The van der Waals surface area contributed by atoms with E-state index >= 15 is 0 Å².